The molecular formula is C19H18BrN3O4. The summed E-state index contributed by atoms with van der Waals surface area (Å²) in [7, 11) is 0. The van der Waals surface area contributed by atoms with Crippen LogP contribution < -0.4 is 10.2 Å². The van der Waals surface area contributed by atoms with E-state index in [9.17, 15) is 19.7 Å². The lowest BCUT2D eigenvalue weighted by Crippen LogP contribution is -2.28. The molecule has 0 saturated carbocycles. The number of halogens is 1. The number of hydrogen-bond acceptors (Lipinski definition) is 4. The molecule has 2 amide bonds. The van der Waals surface area contributed by atoms with Gasteiger partial charge in [0.25, 0.3) is 5.69 Å². The summed E-state index contributed by atoms with van der Waals surface area (Å²) in [6.07, 6.45) is 0.108. The van der Waals surface area contributed by atoms with Crippen molar-refractivity contribution in [2.45, 2.75) is 20.3 Å². The van der Waals surface area contributed by atoms with E-state index < -0.39 is 10.8 Å². The van der Waals surface area contributed by atoms with Crippen molar-refractivity contribution >= 4 is 44.8 Å². The molecule has 1 N–H and O–H groups in total. The number of nitro groups is 1. The predicted molar refractivity (Wildman–Crippen MR) is 106 cm³/mol. The summed E-state index contributed by atoms with van der Waals surface area (Å²) < 4.78 is 1.00. The number of amides is 2. The summed E-state index contributed by atoms with van der Waals surface area (Å²) in [6.45, 7) is 4.14. The third-order valence-corrected chi connectivity index (χ3v) is 5.82. The number of nitrogens with zero attached hydrogens (tertiary/aromatic N) is 2. The van der Waals surface area contributed by atoms with Gasteiger partial charge in [-0.3, -0.25) is 19.7 Å². The zero-order chi connectivity index (χ0) is 19.7. The van der Waals surface area contributed by atoms with Crippen LogP contribution in [-0.2, 0) is 9.59 Å². The van der Waals surface area contributed by atoms with Gasteiger partial charge in [0.1, 0.15) is 0 Å². The third kappa shape index (κ3) is 4.00. The molecule has 0 aromatic heterocycles. The van der Waals surface area contributed by atoms with Crippen LogP contribution in [0, 0.1) is 29.9 Å². The minimum Gasteiger partial charge on any atom is -0.326 e. The van der Waals surface area contributed by atoms with Crippen molar-refractivity contribution in [1.82, 2.24) is 0 Å². The van der Waals surface area contributed by atoms with Crippen LogP contribution in [0.4, 0.5) is 17.1 Å². The molecule has 2 aromatic carbocycles. The Balaban J connectivity index is 1.71. The lowest BCUT2D eigenvalue weighted by molar-refractivity contribution is -0.384. The third-order valence-electron chi connectivity index (χ3n) is 4.57. The Bertz CT molecular complexity index is 904. The number of non-ortho nitro benzene ring substituents is 1. The Morgan fingerprint density at radius 2 is 1.81 bits per heavy atom. The number of anilines is 2. The Hall–Kier alpha value is -2.74. The maximum atomic E-state index is 12.6. The van der Waals surface area contributed by atoms with Crippen LogP contribution in [0.2, 0.25) is 0 Å². The summed E-state index contributed by atoms with van der Waals surface area (Å²) >= 11 is 3.50. The number of nitro benzene ring substituents is 1. The first-order valence-electron chi connectivity index (χ1n) is 8.38. The van der Waals surface area contributed by atoms with Gasteiger partial charge in [0.2, 0.25) is 11.8 Å². The van der Waals surface area contributed by atoms with Gasteiger partial charge in [-0.15, -0.1) is 0 Å². The molecule has 0 aliphatic carbocycles. The van der Waals surface area contributed by atoms with Crippen molar-refractivity contribution < 1.29 is 14.5 Å². The van der Waals surface area contributed by atoms with Crippen LogP contribution in [0.25, 0.3) is 0 Å². The predicted octanol–water partition coefficient (Wildman–Crippen LogP) is 3.97. The molecule has 0 bridgehead atoms. The van der Waals surface area contributed by atoms with Crippen molar-refractivity contribution in [2.24, 2.45) is 5.92 Å². The molecule has 1 atom stereocenters. The number of nitrogens with one attached hydrogen (secondary N) is 1. The summed E-state index contributed by atoms with van der Waals surface area (Å²) in [5.74, 6) is -0.863. The van der Waals surface area contributed by atoms with E-state index in [2.05, 4.69) is 21.2 Å². The van der Waals surface area contributed by atoms with Gasteiger partial charge in [0.15, 0.2) is 0 Å². The highest BCUT2D eigenvalue weighted by Crippen LogP contribution is 2.29. The van der Waals surface area contributed by atoms with Crippen molar-refractivity contribution in [3.8, 4) is 0 Å². The van der Waals surface area contributed by atoms with Gasteiger partial charge < -0.3 is 10.2 Å². The van der Waals surface area contributed by atoms with Crippen LogP contribution in [0.15, 0.2) is 40.9 Å². The molecule has 1 aliphatic heterocycles. The lowest BCUT2D eigenvalue weighted by Gasteiger charge is -2.17. The summed E-state index contributed by atoms with van der Waals surface area (Å²) in [6, 6.07) is 9.50. The molecule has 27 heavy (non-hydrogen) atoms. The van der Waals surface area contributed by atoms with E-state index in [0.29, 0.717) is 11.4 Å². The molecule has 2 aromatic rings. The maximum Gasteiger partial charge on any atom is 0.269 e. The minimum absolute atomic E-state index is 0.0410. The monoisotopic (exact) mass is 431 g/mol. The molecule has 1 aliphatic rings. The second-order valence-electron chi connectivity index (χ2n) is 6.59. The molecule has 8 heteroatoms. The molecule has 0 spiro atoms. The first-order chi connectivity index (χ1) is 12.8. The highest BCUT2D eigenvalue weighted by molar-refractivity contribution is 9.10. The van der Waals surface area contributed by atoms with E-state index >= 15 is 0 Å². The molecule has 1 saturated heterocycles. The zero-order valence-electron chi connectivity index (χ0n) is 14.9. The Labute approximate surface area is 164 Å². The van der Waals surface area contributed by atoms with E-state index in [1.807, 2.05) is 26.0 Å². The standard InChI is InChI=1S/C19H18BrN3O4/c1-11-7-14(8-12(2)18(11)20)21-19(25)13-9-17(24)22(10-13)15-3-5-16(6-4-15)23(26)27/h3-8,13H,9-10H2,1-2H3,(H,21,25)/t13-/m1/s1. The van der Waals surface area contributed by atoms with E-state index in [1.54, 1.807) is 0 Å². The molecular weight excluding hydrogens is 414 g/mol. The SMILES string of the molecule is Cc1cc(NC(=O)[C@@H]2CC(=O)N(c3ccc([N+](=O)[O-])cc3)C2)cc(C)c1Br. The first kappa shape index (κ1) is 19.0. The van der Waals surface area contributed by atoms with Crippen LogP contribution >= 0.6 is 15.9 Å². The zero-order valence-corrected chi connectivity index (χ0v) is 16.4. The van der Waals surface area contributed by atoms with Crippen molar-refractivity contribution in [3.05, 3.63) is 62.1 Å². The first-order valence-corrected chi connectivity index (χ1v) is 9.18. The van der Waals surface area contributed by atoms with Crippen molar-refractivity contribution in [1.29, 1.82) is 0 Å². The summed E-state index contributed by atoms with van der Waals surface area (Å²) in [4.78, 5) is 36.7. The molecule has 0 radical (unpaired) electrons. The highest BCUT2D eigenvalue weighted by atomic mass is 79.9. The van der Waals surface area contributed by atoms with Crippen LogP contribution in [0.5, 0.6) is 0 Å². The summed E-state index contributed by atoms with van der Waals surface area (Å²) in [5.41, 5.74) is 3.23. The minimum atomic E-state index is -0.492. The topological polar surface area (TPSA) is 92.6 Å². The molecule has 1 heterocycles. The quantitative estimate of drug-likeness (QED) is 0.585. The maximum absolute atomic E-state index is 12.6. The van der Waals surface area contributed by atoms with E-state index in [4.69, 9.17) is 0 Å². The Kier molecular flexibility index (Phi) is 5.27. The normalized spacial score (nSPS) is 16.5. The Morgan fingerprint density at radius 1 is 1.22 bits per heavy atom. The number of hydrogen-bond donors (Lipinski definition) is 1. The van der Waals surface area contributed by atoms with Gasteiger partial charge in [0.05, 0.1) is 10.8 Å². The van der Waals surface area contributed by atoms with Gasteiger partial charge in [-0.1, -0.05) is 15.9 Å². The average Bonchev–Trinajstić information content (AvgIpc) is 3.01. The van der Waals surface area contributed by atoms with Crippen LogP contribution in [0.3, 0.4) is 0 Å². The van der Waals surface area contributed by atoms with Crippen LogP contribution in [0.1, 0.15) is 17.5 Å². The van der Waals surface area contributed by atoms with Gasteiger partial charge in [0, 0.05) is 40.9 Å². The molecule has 1 fully saturated rings. The second kappa shape index (κ2) is 7.48. The van der Waals surface area contributed by atoms with Gasteiger partial charge in [-0.2, -0.15) is 0 Å². The van der Waals surface area contributed by atoms with Crippen molar-refractivity contribution in [3.63, 3.8) is 0 Å². The Morgan fingerprint density at radius 3 is 2.37 bits per heavy atom. The fourth-order valence-electron chi connectivity index (χ4n) is 3.15. The number of benzene rings is 2. The van der Waals surface area contributed by atoms with Crippen molar-refractivity contribution in [2.75, 3.05) is 16.8 Å². The number of carbonyl (C=O) groups excluding carboxylic acids is 2. The summed E-state index contributed by atoms with van der Waals surface area (Å²) in [5, 5.41) is 13.6. The molecule has 7 nitrogen and oxygen atoms in total. The van der Waals surface area contributed by atoms with Gasteiger partial charge >= 0.3 is 0 Å². The van der Waals surface area contributed by atoms with Gasteiger partial charge in [-0.25, -0.2) is 0 Å². The smallest absolute Gasteiger partial charge is 0.269 e. The fraction of sp³-hybridized carbons (Fsp3) is 0.263. The lowest BCUT2D eigenvalue weighted by atomic mass is 10.1. The molecule has 140 valence electrons. The number of rotatable bonds is 4. The van der Waals surface area contributed by atoms with E-state index in [0.717, 1.165) is 15.6 Å². The number of carbonyl (C=O) groups is 2. The molecule has 3 rings (SSSR count). The largest absolute Gasteiger partial charge is 0.326 e. The van der Waals surface area contributed by atoms with E-state index in [1.165, 1.54) is 29.2 Å². The van der Waals surface area contributed by atoms with Gasteiger partial charge in [-0.05, 0) is 49.2 Å². The fourth-order valence-corrected chi connectivity index (χ4v) is 3.38. The van der Waals surface area contributed by atoms with Crippen LogP contribution in [-0.4, -0.2) is 23.3 Å². The second-order valence-corrected chi connectivity index (χ2v) is 7.39. The average molecular weight is 432 g/mol. The number of aryl methyl sites for hydroxylation is 2. The highest BCUT2D eigenvalue weighted by Gasteiger charge is 2.35. The van der Waals surface area contributed by atoms with E-state index in [-0.39, 0.29) is 30.5 Å². The molecule has 0 unspecified atom stereocenters.